The number of nitrogen functional groups attached to an aromatic ring is 1. The molecule has 34 heavy (non-hydrogen) atoms. The van der Waals surface area contributed by atoms with E-state index in [1.54, 1.807) is 6.07 Å². The fraction of sp³-hybridized carbons (Fsp3) is 0.217. The zero-order valence-corrected chi connectivity index (χ0v) is 19.4. The zero-order chi connectivity index (χ0) is 25.0. The third-order valence-corrected chi connectivity index (χ3v) is 5.43. The molecule has 3 aromatic rings. The molecule has 0 unspecified atom stereocenters. The first-order chi connectivity index (χ1) is 16.1. The number of ketones is 1. The molecule has 0 radical (unpaired) electrons. The van der Waals surface area contributed by atoms with Gasteiger partial charge in [-0.05, 0) is 24.3 Å². The van der Waals surface area contributed by atoms with Gasteiger partial charge in [-0.2, -0.15) is 0 Å². The van der Waals surface area contributed by atoms with Gasteiger partial charge in [-0.25, -0.2) is 9.59 Å². The third-order valence-electron chi connectivity index (χ3n) is 5.06. The summed E-state index contributed by atoms with van der Waals surface area (Å²) in [7, 11) is 3.95. The normalized spacial score (nSPS) is 10.6. The number of hydrogen-bond donors (Lipinski definition) is 1. The van der Waals surface area contributed by atoms with E-state index in [1.807, 2.05) is 18.2 Å². The van der Waals surface area contributed by atoms with Gasteiger partial charge >= 0.3 is 11.7 Å². The topological polar surface area (TPSA) is 132 Å². The Labute approximate surface area is 199 Å². The van der Waals surface area contributed by atoms with Crippen LogP contribution in [0, 0.1) is 0 Å². The Morgan fingerprint density at radius 1 is 1.03 bits per heavy atom. The second-order valence-corrected chi connectivity index (χ2v) is 7.62. The third kappa shape index (κ3) is 4.96. The molecule has 178 valence electrons. The van der Waals surface area contributed by atoms with Gasteiger partial charge in [0.05, 0.1) is 12.7 Å². The summed E-state index contributed by atoms with van der Waals surface area (Å²) in [6, 6.07) is 11.6. The van der Waals surface area contributed by atoms with Gasteiger partial charge in [0.1, 0.15) is 18.0 Å². The first-order valence-corrected chi connectivity index (χ1v) is 10.3. The molecule has 11 heteroatoms. The molecular weight excluding hydrogens is 466 g/mol. The van der Waals surface area contributed by atoms with Gasteiger partial charge in [0.25, 0.3) is 5.56 Å². The molecular formula is C23H22ClN3O7. The Hall–Kier alpha value is -4.05. The fourth-order valence-corrected chi connectivity index (χ4v) is 3.28. The lowest BCUT2D eigenvalue weighted by Gasteiger charge is -2.13. The van der Waals surface area contributed by atoms with E-state index < -0.39 is 35.2 Å². The number of esters is 1. The number of hydrogen-bond acceptors (Lipinski definition) is 8. The number of rotatable bonds is 8. The Morgan fingerprint density at radius 2 is 1.74 bits per heavy atom. The van der Waals surface area contributed by atoms with Gasteiger partial charge in [0, 0.05) is 24.7 Å². The lowest BCUT2D eigenvalue weighted by molar-refractivity contribution is 0.0474. The van der Waals surface area contributed by atoms with Crippen LogP contribution in [0.4, 0.5) is 5.82 Å². The van der Waals surface area contributed by atoms with Crippen molar-refractivity contribution in [3.05, 3.63) is 85.0 Å². The molecule has 0 saturated carbocycles. The Balaban J connectivity index is 1.72. The lowest BCUT2D eigenvalue weighted by atomic mass is 10.2. The Bertz CT molecular complexity index is 1380. The van der Waals surface area contributed by atoms with Crippen LogP contribution in [-0.4, -0.2) is 34.6 Å². The van der Waals surface area contributed by atoms with E-state index in [2.05, 4.69) is 0 Å². The van der Waals surface area contributed by atoms with Crippen molar-refractivity contribution in [1.82, 2.24) is 9.13 Å². The maximum absolute atomic E-state index is 12.5. The fourth-order valence-electron chi connectivity index (χ4n) is 3.09. The van der Waals surface area contributed by atoms with Crippen molar-refractivity contribution >= 4 is 29.2 Å². The second kappa shape index (κ2) is 10.3. The summed E-state index contributed by atoms with van der Waals surface area (Å²) in [6.45, 7) is -0.562. The van der Waals surface area contributed by atoms with E-state index >= 15 is 0 Å². The van der Waals surface area contributed by atoms with E-state index in [4.69, 9.17) is 31.5 Å². The van der Waals surface area contributed by atoms with E-state index in [1.165, 1.54) is 39.4 Å². The summed E-state index contributed by atoms with van der Waals surface area (Å²) >= 11 is 6.13. The van der Waals surface area contributed by atoms with Crippen LogP contribution in [0.1, 0.15) is 26.3 Å². The van der Waals surface area contributed by atoms with Gasteiger partial charge in [0.2, 0.25) is 5.78 Å². The molecule has 0 spiro atoms. The van der Waals surface area contributed by atoms with Crippen molar-refractivity contribution in [3.63, 3.8) is 0 Å². The number of anilines is 1. The number of ether oxygens (including phenoxy) is 3. The van der Waals surface area contributed by atoms with Crippen LogP contribution in [0.3, 0.4) is 0 Å². The minimum atomic E-state index is -0.872. The van der Waals surface area contributed by atoms with Crippen LogP contribution in [-0.2, 0) is 25.4 Å². The molecule has 0 fully saturated rings. The number of carbonyl (C=O) groups is 2. The molecule has 0 aliphatic heterocycles. The number of Topliss-reactive ketones (excluding diaryl/α,β-unsaturated/α-hetero) is 1. The number of halogens is 1. The predicted molar refractivity (Wildman–Crippen MR) is 125 cm³/mol. The summed E-state index contributed by atoms with van der Waals surface area (Å²) in [5, 5.41) is 0.556. The number of methoxy groups -OCH3 is 1. The SMILES string of the molecule is COc1cc(C(=O)OCC(=O)c2c(N)n(C)c(=O)n(C)c2=O)ccc1OCc1ccccc1Cl. The van der Waals surface area contributed by atoms with Crippen LogP contribution in [0.5, 0.6) is 11.5 Å². The average molecular weight is 488 g/mol. The summed E-state index contributed by atoms with van der Waals surface area (Å²) in [4.78, 5) is 49.2. The number of nitrogens with zero attached hydrogens (tertiary/aromatic N) is 2. The highest BCUT2D eigenvalue weighted by molar-refractivity contribution is 6.31. The van der Waals surface area contributed by atoms with Crippen molar-refractivity contribution in [2.45, 2.75) is 6.61 Å². The first-order valence-electron chi connectivity index (χ1n) is 9.95. The molecule has 2 N–H and O–H groups in total. The monoisotopic (exact) mass is 487 g/mol. The van der Waals surface area contributed by atoms with Crippen molar-refractivity contribution in [1.29, 1.82) is 0 Å². The molecule has 0 aliphatic carbocycles. The van der Waals surface area contributed by atoms with Crippen LogP contribution in [0.25, 0.3) is 0 Å². The number of benzene rings is 2. The van der Waals surface area contributed by atoms with E-state index in [-0.39, 0.29) is 23.7 Å². The number of aromatic nitrogens is 2. The predicted octanol–water partition coefficient (Wildman–Crippen LogP) is 1.95. The van der Waals surface area contributed by atoms with Crippen LogP contribution >= 0.6 is 11.6 Å². The zero-order valence-electron chi connectivity index (χ0n) is 18.7. The number of nitrogens with two attached hydrogens (primary N) is 1. The molecule has 1 heterocycles. The molecule has 1 aromatic heterocycles. The summed E-state index contributed by atoms with van der Waals surface area (Å²) in [5.74, 6) is -1.34. The van der Waals surface area contributed by atoms with Gasteiger partial charge in [0.15, 0.2) is 18.1 Å². The minimum absolute atomic E-state index is 0.0936. The van der Waals surface area contributed by atoms with E-state index in [9.17, 15) is 19.2 Å². The van der Waals surface area contributed by atoms with E-state index in [0.717, 1.165) is 14.7 Å². The van der Waals surface area contributed by atoms with Crippen molar-refractivity contribution in [2.24, 2.45) is 14.1 Å². The maximum Gasteiger partial charge on any atom is 0.338 e. The van der Waals surface area contributed by atoms with Crippen molar-refractivity contribution in [3.8, 4) is 11.5 Å². The molecule has 0 atom stereocenters. The highest BCUT2D eigenvalue weighted by Crippen LogP contribution is 2.30. The van der Waals surface area contributed by atoms with Gasteiger partial charge in [-0.1, -0.05) is 29.8 Å². The van der Waals surface area contributed by atoms with Gasteiger partial charge < -0.3 is 19.9 Å². The highest BCUT2D eigenvalue weighted by Gasteiger charge is 2.22. The van der Waals surface area contributed by atoms with Crippen LogP contribution in [0.2, 0.25) is 5.02 Å². The Morgan fingerprint density at radius 3 is 2.41 bits per heavy atom. The molecule has 0 aliphatic rings. The van der Waals surface area contributed by atoms with Crippen molar-refractivity contribution < 1.29 is 23.8 Å². The van der Waals surface area contributed by atoms with Crippen molar-refractivity contribution in [2.75, 3.05) is 19.5 Å². The highest BCUT2D eigenvalue weighted by atomic mass is 35.5. The Kier molecular flexibility index (Phi) is 7.42. The lowest BCUT2D eigenvalue weighted by Crippen LogP contribution is -2.42. The van der Waals surface area contributed by atoms with Crippen LogP contribution in [0.15, 0.2) is 52.1 Å². The summed E-state index contributed by atoms with van der Waals surface area (Å²) in [5.41, 5.74) is 4.64. The van der Waals surface area contributed by atoms with E-state index in [0.29, 0.717) is 10.8 Å². The standard InChI is InChI=1S/C23H22ClN3O7/c1-26-20(25)19(21(29)27(2)23(26)31)16(28)12-34-22(30)13-8-9-17(18(10-13)32-3)33-11-14-6-4-5-7-15(14)24/h4-10H,11-12,25H2,1-3H3. The second-order valence-electron chi connectivity index (χ2n) is 7.21. The first kappa shape index (κ1) is 24.6. The summed E-state index contributed by atoms with van der Waals surface area (Å²) < 4.78 is 17.8. The molecule has 0 bridgehead atoms. The van der Waals surface area contributed by atoms with Gasteiger partial charge in [-0.3, -0.25) is 18.7 Å². The molecule has 2 aromatic carbocycles. The maximum atomic E-state index is 12.5. The number of carbonyl (C=O) groups excluding carboxylic acids is 2. The molecule has 3 rings (SSSR count). The molecule has 10 nitrogen and oxygen atoms in total. The van der Waals surface area contributed by atoms with Crippen LogP contribution < -0.4 is 26.5 Å². The molecule has 0 amide bonds. The molecule has 0 saturated heterocycles. The smallest absolute Gasteiger partial charge is 0.338 e. The summed E-state index contributed by atoms with van der Waals surface area (Å²) in [6.07, 6.45) is 0. The quantitative estimate of drug-likeness (QED) is 0.376. The largest absolute Gasteiger partial charge is 0.493 e. The average Bonchev–Trinajstić information content (AvgIpc) is 2.84. The minimum Gasteiger partial charge on any atom is -0.493 e. The van der Waals surface area contributed by atoms with Gasteiger partial charge in [-0.15, -0.1) is 0 Å².